The molecule has 0 saturated carbocycles. The highest BCUT2D eigenvalue weighted by Gasteiger charge is 2.34. The lowest BCUT2D eigenvalue weighted by atomic mass is 9.66. The van der Waals surface area contributed by atoms with E-state index in [0.717, 1.165) is 24.8 Å². The van der Waals surface area contributed by atoms with Crippen molar-refractivity contribution in [1.29, 1.82) is 0 Å². The Balaban J connectivity index is 1.51. The van der Waals surface area contributed by atoms with Crippen LogP contribution in [0.5, 0.6) is 0 Å². The molecule has 5 aromatic carbocycles. The molecule has 0 spiro atoms. The van der Waals surface area contributed by atoms with Gasteiger partial charge in [-0.25, -0.2) is 0 Å². The van der Waals surface area contributed by atoms with Gasteiger partial charge in [-0.05, 0) is 91.7 Å². The first-order valence-electron chi connectivity index (χ1n) is 11.6. The molecule has 0 fully saturated rings. The Bertz CT molecular complexity index is 1510. The summed E-state index contributed by atoms with van der Waals surface area (Å²) in [5, 5.41) is 18.2. The summed E-state index contributed by atoms with van der Waals surface area (Å²) in [6.45, 7) is 4.70. The van der Waals surface area contributed by atoms with Crippen molar-refractivity contribution in [2.24, 2.45) is 0 Å². The molecule has 1 aliphatic rings. The Morgan fingerprint density at radius 1 is 0.781 bits per heavy atom. The minimum absolute atomic E-state index is 0.0225. The standard InChI is InChI=1S/C31H28O/c1-20-17-28-25-15-16-31(2,30-14-12-21-7-3-4-9-24(21)29(30)19-32)18-22(25)11-13-27(28)26-10-6-5-8-23(20)26/h3-14,17,32H,15-16,18-19H2,1-2H3. The topological polar surface area (TPSA) is 20.2 Å². The molecule has 1 atom stereocenters. The number of aliphatic hydroxyl groups is 1. The van der Waals surface area contributed by atoms with Crippen molar-refractivity contribution >= 4 is 32.3 Å². The molecular weight excluding hydrogens is 388 g/mol. The van der Waals surface area contributed by atoms with E-state index in [1.165, 1.54) is 54.6 Å². The van der Waals surface area contributed by atoms with Crippen LogP contribution in [-0.4, -0.2) is 5.11 Å². The van der Waals surface area contributed by atoms with E-state index in [1.807, 2.05) is 0 Å². The fraction of sp³-hybridized carbons (Fsp3) is 0.226. The van der Waals surface area contributed by atoms with Crippen LogP contribution < -0.4 is 0 Å². The first-order chi connectivity index (χ1) is 15.6. The second-order valence-corrected chi connectivity index (χ2v) is 9.75. The van der Waals surface area contributed by atoms with Gasteiger partial charge in [-0.15, -0.1) is 0 Å². The number of aliphatic hydroxyl groups excluding tert-OH is 1. The van der Waals surface area contributed by atoms with E-state index >= 15 is 0 Å². The van der Waals surface area contributed by atoms with E-state index in [-0.39, 0.29) is 12.0 Å². The molecule has 0 saturated heterocycles. The molecule has 1 nitrogen and oxygen atoms in total. The maximum Gasteiger partial charge on any atom is 0.0690 e. The minimum atomic E-state index is 0.0225. The number of hydrogen-bond acceptors (Lipinski definition) is 1. The van der Waals surface area contributed by atoms with Gasteiger partial charge in [-0.3, -0.25) is 0 Å². The third-order valence-corrected chi connectivity index (χ3v) is 7.81. The van der Waals surface area contributed by atoms with E-state index in [9.17, 15) is 5.11 Å². The van der Waals surface area contributed by atoms with Gasteiger partial charge in [0.1, 0.15) is 0 Å². The van der Waals surface area contributed by atoms with Crippen LogP contribution in [0.3, 0.4) is 0 Å². The monoisotopic (exact) mass is 416 g/mol. The zero-order valence-corrected chi connectivity index (χ0v) is 18.8. The summed E-state index contributed by atoms with van der Waals surface area (Å²) in [6.07, 6.45) is 3.17. The zero-order valence-electron chi connectivity index (χ0n) is 18.8. The highest BCUT2D eigenvalue weighted by molar-refractivity contribution is 6.10. The summed E-state index contributed by atoms with van der Waals surface area (Å²) in [5.41, 5.74) is 6.75. The van der Waals surface area contributed by atoms with Gasteiger partial charge < -0.3 is 5.11 Å². The van der Waals surface area contributed by atoms with Crippen molar-refractivity contribution < 1.29 is 5.11 Å². The Morgan fingerprint density at radius 2 is 1.50 bits per heavy atom. The van der Waals surface area contributed by atoms with Crippen LogP contribution in [0.4, 0.5) is 0 Å². The molecule has 1 unspecified atom stereocenters. The quantitative estimate of drug-likeness (QED) is 0.297. The van der Waals surface area contributed by atoms with E-state index in [0.29, 0.717) is 0 Å². The highest BCUT2D eigenvalue weighted by atomic mass is 16.3. The summed E-state index contributed by atoms with van der Waals surface area (Å²) >= 11 is 0. The fourth-order valence-electron chi connectivity index (χ4n) is 6.14. The number of aryl methyl sites for hydroxylation is 2. The lowest BCUT2D eigenvalue weighted by Crippen LogP contribution is -2.31. The molecule has 6 rings (SSSR count). The highest BCUT2D eigenvalue weighted by Crippen LogP contribution is 2.44. The molecule has 0 aliphatic heterocycles. The lowest BCUT2D eigenvalue weighted by molar-refractivity contribution is 0.277. The molecule has 0 aromatic heterocycles. The van der Waals surface area contributed by atoms with Crippen LogP contribution in [0.2, 0.25) is 0 Å². The van der Waals surface area contributed by atoms with Crippen LogP contribution in [0.1, 0.15) is 41.2 Å². The average molecular weight is 417 g/mol. The van der Waals surface area contributed by atoms with E-state index in [4.69, 9.17) is 0 Å². The zero-order chi connectivity index (χ0) is 21.9. The SMILES string of the molecule is Cc1cc2c3c(ccc2c2ccccc12)CC(C)(c1ccc2ccccc2c1CO)CC3. The van der Waals surface area contributed by atoms with Gasteiger partial charge in [0.2, 0.25) is 0 Å². The number of rotatable bonds is 2. The molecule has 5 aromatic rings. The van der Waals surface area contributed by atoms with Gasteiger partial charge in [-0.2, -0.15) is 0 Å². The van der Waals surface area contributed by atoms with Crippen LogP contribution >= 0.6 is 0 Å². The maximum absolute atomic E-state index is 10.3. The summed E-state index contributed by atoms with van der Waals surface area (Å²) in [6, 6.07) is 28.8. The van der Waals surface area contributed by atoms with Crippen molar-refractivity contribution in [2.45, 2.75) is 45.1 Å². The van der Waals surface area contributed by atoms with Crippen LogP contribution in [0.15, 0.2) is 78.9 Å². The van der Waals surface area contributed by atoms with E-state index < -0.39 is 0 Å². The Kier molecular flexibility index (Phi) is 4.38. The predicted molar refractivity (Wildman–Crippen MR) is 135 cm³/mol. The van der Waals surface area contributed by atoms with Gasteiger partial charge in [-0.1, -0.05) is 85.8 Å². The molecule has 158 valence electrons. The molecule has 0 heterocycles. The van der Waals surface area contributed by atoms with Crippen molar-refractivity contribution in [3.63, 3.8) is 0 Å². The van der Waals surface area contributed by atoms with Crippen LogP contribution in [0.25, 0.3) is 32.3 Å². The smallest absolute Gasteiger partial charge is 0.0690 e. The first kappa shape index (κ1) is 19.5. The fourth-order valence-corrected chi connectivity index (χ4v) is 6.14. The summed E-state index contributed by atoms with van der Waals surface area (Å²) < 4.78 is 0. The van der Waals surface area contributed by atoms with Crippen LogP contribution in [-0.2, 0) is 24.9 Å². The largest absolute Gasteiger partial charge is 0.392 e. The second kappa shape index (κ2) is 7.18. The Labute approximate surface area is 189 Å². The van der Waals surface area contributed by atoms with Gasteiger partial charge in [0.25, 0.3) is 0 Å². The Morgan fingerprint density at radius 3 is 2.31 bits per heavy atom. The normalized spacial score (nSPS) is 18.3. The number of benzene rings is 5. The Hall–Kier alpha value is -3.16. The molecule has 32 heavy (non-hydrogen) atoms. The second-order valence-electron chi connectivity index (χ2n) is 9.75. The molecule has 0 bridgehead atoms. The van der Waals surface area contributed by atoms with Crippen molar-refractivity contribution in [1.82, 2.24) is 0 Å². The van der Waals surface area contributed by atoms with Crippen molar-refractivity contribution in [3.8, 4) is 0 Å². The summed E-state index contributed by atoms with van der Waals surface area (Å²) in [4.78, 5) is 0. The summed E-state index contributed by atoms with van der Waals surface area (Å²) in [5.74, 6) is 0. The molecule has 1 aliphatic carbocycles. The predicted octanol–water partition coefficient (Wildman–Crippen LogP) is 7.39. The lowest BCUT2D eigenvalue weighted by Gasteiger charge is -2.38. The van der Waals surface area contributed by atoms with E-state index in [2.05, 4.69) is 92.7 Å². The minimum Gasteiger partial charge on any atom is -0.392 e. The number of fused-ring (bicyclic) bond motifs is 6. The third-order valence-electron chi connectivity index (χ3n) is 7.81. The number of hydrogen-bond donors (Lipinski definition) is 1. The molecule has 0 amide bonds. The third kappa shape index (κ3) is 2.81. The van der Waals surface area contributed by atoms with Gasteiger partial charge >= 0.3 is 0 Å². The average Bonchev–Trinajstić information content (AvgIpc) is 2.83. The van der Waals surface area contributed by atoms with Gasteiger partial charge in [0.05, 0.1) is 6.61 Å². The first-order valence-corrected chi connectivity index (χ1v) is 11.6. The van der Waals surface area contributed by atoms with Gasteiger partial charge in [0.15, 0.2) is 0 Å². The molecule has 0 radical (unpaired) electrons. The summed E-state index contributed by atoms with van der Waals surface area (Å²) in [7, 11) is 0. The molecular formula is C31H28O. The van der Waals surface area contributed by atoms with E-state index in [1.54, 1.807) is 0 Å². The van der Waals surface area contributed by atoms with Crippen molar-refractivity contribution in [3.05, 3.63) is 107 Å². The maximum atomic E-state index is 10.3. The molecule has 1 heteroatoms. The molecule has 1 N–H and O–H groups in total. The van der Waals surface area contributed by atoms with Crippen molar-refractivity contribution in [2.75, 3.05) is 0 Å². The van der Waals surface area contributed by atoms with Crippen LogP contribution in [0, 0.1) is 6.92 Å². The van der Waals surface area contributed by atoms with Gasteiger partial charge in [0, 0.05) is 0 Å².